The van der Waals surface area contributed by atoms with Gasteiger partial charge in [0.15, 0.2) is 11.5 Å². The lowest BCUT2D eigenvalue weighted by molar-refractivity contribution is -0.130. The molecule has 2 heterocycles. The van der Waals surface area contributed by atoms with Crippen molar-refractivity contribution in [1.82, 2.24) is 10.2 Å². The first-order chi connectivity index (χ1) is 14.3. The van der Waals surface area contributed by atoms with Crippen LogP contribution in [0.4, 0.5) is 4.79 Å². The number of urea groups is 1. The van der Waals surface area contributed by atoms with Gasteiger partial charge in [-0.1, -0.05) is 18.5 Å². The fourth-order valence-corrected chi connectivity index (χ4v) is 3.05. The van der Waals surface area contributed by atoms with Gasteiger partial charge in [-0.05, 0) is 49.2 Å². The van der Waals surface area contributed by atoms with E-state index in [1.165, 1.54) is 19.4 Å². The number of furan rings is 1. The number of methoxy groups -OCH3 is 1. The van der Waals surface area contributed by atoms with Crippen molar-refractivity contribution in [2.75, 3.05) is 7.11 Å². The molecule has 0 saturated carbocycles. The molecule has 1 fully saturated rings. The normalized spacial score (nSPS) is 16.6. The molecule has 0 radical (unpaired) electrons. The summed E-state index contributed by atoms with van der Waals surface area (Å²) >= 11 is 6.35. The molecule has 0 unspecified atom stereocenters. The van der Waals surface area contributed by atoms with Gasteiger partial charge in [-0.3, -0.25) is 19.8 Å². The zero-order valence-electron chi connectivity index (χ0n) is 16.7. The maximum atomic E-state index is 12.8. The van der Waals surface area contributed by atoms with Crippen molar-refractivity contribution >= 4 is 35.5 Å². The number of barbiturate groups is 1. The molecule has 1 aliphatic rings. The van der Waals surface area contributed by atoms with Crippen molar-refractivity contribution in [2.45, 2.75) is 32.9 Å². The van der Waals surface area contributed by atoms with E-state index in [9.17, 15) is 14.4 Å². The molecule has 8 nitrogen and oxygen atoms in total. The van der Waals surface area contributed by atoms with E-state index in [1.54, 1.807) is 24.3 Å². The van der Waals surface area contributed by atoms with Gasteiger partial charge >= 0.3 is 6.03 Å². The molecule has 1 saturated heterocycles. The Kier molecular flexibility index (Phi) is 6.47. The summed E-state index contributed by atoms with van der Waals surface area (Å²) in [6.07, 6.45) is 3.48. The van der Waals surface area contributed by atoms with Crippen LogP contribution in [0.15, 0.2) is 40.5 Å². The average molecular weight is 433 g/mol. The predicted molar refractivity (Wildman–Crippen MR) is 109 cm³/mol. The van der Waals surface area contributed by atoms with Gasteiger partial charge in [-0.15, -0.1) is 0 Å². The third-order valence-corrected chi connectivity index (χ3v) is 4.82. The molecule has 1 N–H and O–H groups in total. The first-order valence-electron chi connectivity index (χ1n) is 9.29. The smallest absolute Gasteiger partial charge is 0.331 e. The molecule has 9 heteroatoms. The summed E-state index contributed by atoms with van der Waals surface area (Å²) in [4.78, 5) is 38.1. The van der Waals surface area contributed by atoms with E-state index < -0.39 is 17.8 Å². The highest BCUT2D eigenvalue weighted by Gasteiger charge is 2.36. The number of hydrogen-bond donors (Lipinski definition) is 1. The number of imide groups is 2. The van der Waals surface area contributed by atoms with Crippen molar-refractivity contribution in [1.29, 1.82) is 0 Å². The van der Waals surface area contributed by atoms with Crippen molar-refractivity contribution in [2.24, 2.45) is 0 Å². The number of carbonyl (C=O) groups is 3. The molecule has 3 rings (SSSR count). The minimum atomic E-state index is -0.813. The van der Waals surface area contributed by atoms with Gasteiger partial charge in [0.1, 0.15) is 11.3 Å². The minimum absolute atomic E-state index is 0.0764. The fourth-order valence-electron chi connectivity index (χ4n) is 2.78. The molecular formula is C21H21ClN2O6. The number of nitrogens with one attached hydrogen (secondary N) is 1. The first kappa shape index (κ1) is 21.4. The summed E-state index contributed by atoms with van der Waals surface area (Å²) in [7, 11) is 1.47. The molecule has 2 aromatic rings. The fraction of sp³-hybridized carbons (Fsp3) is 0.286. The quantitative estimate of drug-likeness (QED) is 0.528. The third-order valence-electron chi connectivity index (χ3n) is 4.54. The number of carbonyl (C=O) groups excluding carboxylic acids is 3. The lowest BCUT2D eigenvalue weighted by Crippen LogP contribution is -2.53. The highest BCUT2D eigenvalue weighted by atomic mass is 35.5. The Hall–Kier alpha value is -3.26. The predicted octanol–water partition coefficient (Wildman–Crippen LogP) is 3.78. The number of nitrogens with zero attached hydrogens (tertiary/aromatic N) is 1. The van der Waals surface area contributed by atoms with E-state index in [0.29, 0.717) is 22.8 Å². The van der Waals surface area contributed by atoms with Crippen LogP contribution in [0, 0.1) is 0 Å². The molecule has 1 aliphatic heterocycles. The Labute approximate surface area is 178 Å². The van der Waals surface area contributed by atoms with Gasteiger partial charge < -0.3 is 13.9 Å². The van der Waals surface area contributed by atoms with E-state index in [-0.39, 0.29) is 23.2 Å². The number of hydrogen-bond acceptors (Lipinski definition) is 6. The third kappa shape index (κ3) is 4.49. The minimum Gasteiger partial charge on any atom is -0.493 e. The maximum Gasteiger partial charge on any atom is 0.331 e. The Morgan fingerprint density at radius 3 is 2.70 bits per heavy atom. The molecule has 0 spiro atoms. The van der Waals surface area contributed by atoms with Crippen LogP contribution in [0.3, 0.4) is 0 Å². The van der Waals surface area contributed by atoms with Crippen molar-refractivity contribution < 1.29 is 28.3 Å². The van der Waals surface area contributed by atoms with Crippen LogP contribution in [0.5, 0.6) is 11.5 Å². The van der Waals surface area contributed by atoms with Gasteiger partial charge in [0, 0.05) is 0 Å². The van der Waals surface area contributed by atoms with Crippen molar-refractivity contribution in [3.63, 3.8) is 0 Å². The Morgan fingerprint density at radius 2 is 2.07 bits per heavy atom. The molecule has 1 atom stereocenters. The van der Waals surface area contributed by atoms with Crippen LogP contribution in [0.25, 0.3) is 6.08 Å². The maximum absolute atomic E-state index is 12.8. The standard InChI is InChI=1S/C21H21ClN2O6/c1-4-12(2)30-18-16(22)9-13(10-17(18)28-3)8-15-19(25)23-21(27)24(20(15)26)11-14-6-5-7-29-14/h5-10,12H,4,11H2,1-3H3,(H,23,25,27)/b15-8+/t12-/m0/s1. The van der Waals surface area contributed by atoms with Gasteiger partial charge in [0.2, 0.25) is 0 Å². The molecule has 0 bridgehead atoms. The zero-order valence-corrected chi connectivity index (χ0v) is 17.5. The number of ether oxygens (including phenoxy) is 2. The number of amides is 4. The zero-order chi connectivity index (χ0) is 21.8. The van der Waals surface area contributed by atoms with Gasteiger partial charge in [-0.2, -0.15) is 0 Å². The van der Waals surface area contributed by atoms with Crippen LogP contribution in [-0.4, -0.2) is 36.0 Å². The van der Waals surface area contributed by atoms with Gasteiger partial charge in [0.05, 0.1) is 31.0 Å². The van der Waals surface area contributed by atoms with E-state index in [0.717, 1.165) is 11.3 Å². The SMILES string of the molecule is CC[C@H](C)Oc1c(Cl)cc(/C=C2\C(=O)NC(=O)N(Cc3ccco3)C2=O)cc1OC. The summed E-state index contributed by atoms with van der Waals surface area (Å²) in [5.41, 5.74) is 0.231. The summed E-state index contributed by atoms with van der Waals surface area (Å²) < 4.78 is 16.4. The van der Waals surface area contributed by atoms with E-state index in [2.05, 4.69) is 5.32 Å². The summed E-state index contributed by atoms with van der Waals surface area (Å²) in [6, 6.07) is 5.61. The summed E-state index contributed by atoms with van der Waals surface area (Å²) in [5, 5.41) is 2.43. The Balaban J connectivity index is 1.94. The lowest BCUT2D eigenvalue weighted by atomic mass is 10.1. The molecular weight excluding hydrogens is 412 g/mol. The average Bonchev–Trinajstić information content (AvgIpc) is 3.23. The summed E-state index contributed by atoms with van der Waals surface area (Å²) in [5.74, 6) is -0.388. The topological polar surface area (TPSA) is 98.1 Å². The molecule has 0 aliphatic carbocycles. The second kappa shape index (κ2) is 9.04. The van der Waals surface area contributed by atoms with E-state index >= 15 is 0 Å². The molecule has 158 valence electrons. The molecule has 1 aromatic heterocycles. The number of benzene rings is 1. The van der Waals surface area contributed by atoms with E-state index in [4.69, 9.17) is 25.5 Å². The van der Waals surface area contributed by atoms with Crippen LogP contribution >= 0.6 is 11.6 Å². The number of halogens is 1. The van der Waals surface area contributed by atoms with Crippen molar-refractivity contribution in [3.8, 4) is 11.5 Å². The second-order valence-corrected chi connectivity index (χ2v) is 7.07. The Bertz CT molecular complexity index is 999. The largest absolute Gasteiger partial charge is 0.493 e. The van der Waals surface area contributed by atoms with Crippen molar-refractivity contribution in [3.05, 3.63) is 52.4 Å². The highest BCUT2D eigenvalue weighted by Crippen LogP contribution is 2.38. The molecule has 30 heavy (non-hydrogen) atoms. The highest BCUT2D eigenvalue weighted by molar-refractivity contribution is 6.33. The van der Waals surface area contributed by atoms with Gasteiger partial charge in [-0.25, -0.2) is 4.79 Å². The van der Waals surface area contributed by atoms with Gasteiger partial charge in [0.25, 0.3) is 11.8 Å². The number of rotatable bonds is 7. The van der Waals surface area contributed by atoms with Crippen LogP contribution < -0.4 is 14.8 Å². The summed E-state index contributed by atoms with van der Waals surface area (Å²) in [6.45, 7) is 3.78. The first-order valence-corrected chi connectivity index (χ1v) is 9.67. The van der Waals surface area contributed by atoms with Crippen LogP contribution in [-0.2, 0) is 16.1 Å². The van der Waals surface area contributed by atoms with E-state index in [1.807, 2.05) is 13.8 Å². The second-order valence-electron chi connectivity index (χ2n) is 6.66. The monoisotopic (exact) mass is 432 g/mol. The molecule has 4 amide bonds. The van der Waals surface area contributed by atoms with Crippen LogP contribution in [0.1, 0.15) is 31.6 Å². The molecule has 1 aromatic carbocycles. The van der Waals surface area contributed by atoms with Crippen LogP contribution in [0.2, 0.25) is 5.02 Å². The Morgan fingerprint density at radius 1 is 1.30 bits per heavy atom. The lowest BCUT2D eigenvalue weighted by Gasteiger charge is -2.25.